The fraction of sp³-hybridized carbons (Fsp3) is 0.414. The largest absolute Gasteiger partial charge is 0.389 e. The number of unbranched alkanes of at least 4 members (excludes halogenated alkanes) is 1. The number of aryl methyl sites for hydroxylation is 2. The van der Waals surface area contributed by atoms with Crippen LogP contribution in [0.15, 0.2) is 54.7 Å². The van der Waals surface area contributed by atoms with Gasteiger partial charge in [0.15, 0.2) is 0 Å². The van der Waals surface area contributed by atoms with E-state index in [9.17, 15) is 13.2 Å². The van der Waals surface area contributed by atoms with Crippen molar-refractivity contribution in [1.29, 1.82) is 0 Å². The van der Waals surface area contributed by atoms with Crippen molar-refractivity contribution in [2.75, 3.05) is 5.32 Å². The Hall–Kier alpha value is -2.82. The van der Waals surface area contributed by atoms with Crippen molar-refractivity contribution in [1.82, 2.24) is 4.98 Å². The van der Waals surface area contributed by atoms with Gasteiger partial charge in [-0.2, -0.15) is 13.2 Å². The minimum atomic E-state index is -4.04. The van der Waals surface area contributed by atoms with Crippen molar-refractivity contribution in [3.05, 3.63) is 77.0 Å². The fourth-order valence-corrected chi connectivity index (χ4v) is 4.98. The third-order valence-corrected chi connectivity index (χ3v) is 6.85. The van der Waals surface area contributed by atoms with Crippen LogP contribution < -0.4 is 5.32 Å². The van der Waals surface area contributed by atoms with Crippen LogP contribution >= 0.6 is 0 Å². The molecular weight excluding hydrogens is 433 g/mol. The third kappa shape index (κ3) is 6.40. The molecule has 1 aromatic heterocycles. The van der Waals surface area contributed by atoms with E-state index in [2.05, 4.69) is 65.8 Å². The topological polar surface area (TPSA) is 24.9 Å². The van der Waals surface area contributed by atoms with Crippen LogP contribution in [0.4, 0.5) is 24.5 Å². The van der Waals surface area contributed by atoms with E-state index in [1.165, 1.54) is 16.7 Å². The maximum Gasteiger partial charge on any atom is 0.389 e. The number of benzene rings is 2. The number of halogens is 3. The number of rotatable bonds is 7. The summed E-state index contributed by atoms with van der Waals surface area (Å²) < 4.78 is 37.4. The van der Waals surface area contributed by atoms with Crippen LogP contribution in [0.2, 0.25) is 0 Å². The molecule has 0 bridgehead atoms. The molecule has 2 aromatic carbocycles. The molecule has 34 heavy (non-hydrogen) atoms. The van der Waals surface area contributed by atoms with Gasteiger partial charge in [0.2, 0.25) is 0 Å². The first kappa shape index (κ1) is 24.3. The van der Waals surface area contributed by atoms with Crippen LogP contribution in [0, 0.1) is 19.8 Å². The van der Waals surface area contributed by atoms with E-state index in [1.807, 2.05) is 13.1 Å². The second kappa shape index (κ2) is 10.6. The van der Waals surface area contributed by atoms with Gasteiger partial charge in [-0.3, -0.25) is 4.98 Å². The maximum absolute atomic E-state index is 12.5. The molecule has 1 unspecified atom stereocenters. The monoisotopic (exact) mass is 466 g/mol. The maximum atomic E-state index is 12.5. The minimum absolute atomic E-state index is 0.236. The van der Waals surface area contributed by atoms with Crippen LogP contribution in [-0.4, -0.2) is 11.2 Å². The highest BCUT2D eigenvalue weighted by Gasteiger charge is 2.26. The van der Waals surface area contributed by atoms with Crippen LogP contribution in [-0.2, 0) is 12.8 Å². The Morgan fingerprint density at radius 2 is 1.88 bits per heavy atom. The number of nitrogens with zero attached hydrogens (tertiary/aromatic N) is 1. The number of alkyl halides is 3. The fourth-order valence-electron chi connectivity index (χ4n) is 4.98. The summed E-state index contributed by atoms with van der Waals surface area (Å²) in [6, 6.07) is 16.9. The average Bonchev–Trinajstić information content (AvgIpc) is 3.01. The zero-order chi connectivity index (χ0) is 24.1. The molecule has 0 spiro atoms. The Morgan fingerprint density at radius 1 is 1.03 bits per heavy atom. The smallest absolute Gasteiger partial charge is 0.355 e. The number of pyridine rings is 1. The quantitative estimate of drug-likeness (QED) is 0.278. The standard InChI is InChI=1S/C29H33F3N2/c1-20-12-15-27(33-19-20)26-18-24(14-13-21(26)2)34-28-11-6-9-23-17-22(8-5-10-25(23)28)7-3-4-16-29(30,31)32/h6,9,11-15,18-19,22,34H,3-5,7-8,10,16-17H2,1-2H3. The van der Waals surface area contributed by atoms with E-state index < -0.39 is 12.6 Å². The minimum Gasteiger partial charge on any atom is -0.355 e. The van der Waals surface area contributed by atoms with E-state index in [0.717, 1.165) is 60.3 Å². The van der Waals surface area contributed by atoms with Gasteiger partial charge in [-0.05, 0) is 98.4 Å². The summed E-state index contributed by atoms with van der Waals surface area (Å²) in [4.78, 5) is 4.60. The van der Waals surface area contributed by atoms with Gasteiger partial charge in [-0.25, -0.2) is 0 Å². The van der Waals surface area contributed by atoms with E-state index in [0.29, 0.717) is 12.3 Å². The van der Waals surface area contributed by atoms with Crippen LogP contribution in [0.3, 0.4) is 0 Å². The first-order valence-electron chi connectivity index (χ1n) is 12.3. The van der Waals surface area contributed by atoms with Crippen molar-refractivity contribution in [2.24, 2.45) is 5.92 Å². The van der Waals surface area contributed by atoms with Gasteiger partial charge >= 0.3 is 6.18 Å². The van der Waals surface area contributed by atoms with Gasteiger partial charge in [0.05, 0.1) is 5.69 Å². The van der Waals surface area contributed by atoms with Gasteiger partial charge in [0, 0.05) is 29.6 Å². The number of hydrogen-bond donors (Lipinski definition) is 1. The molecule has 2 nitrogen and oxygen atoms in total. The van der Waals surface area contributed by atoms with Crippen molar-refractivity contribution < 1.29 is 13.2 Å². The normalized spacial score (nSPS) is 16.1. The highest BCUT2D eigenvalue weighted by molar-refractivity contribution is 5.73. The molecule has 1 heterocycles. The molecule has 1 N–H and O–H groups in total. The molecule has 3 aromatic rings. The van der Waals surface area contributed by atoms with Crippen molar-refractivity contribution in [2.45, 2.75) is 71.4 Å². The van der Waals surface area contributed by atoms with Gasteiger partial charge < -0.3 is 5.32 Å². The molecule has 0 saturated heterocycles. The van der Waals surface area contributed by atoms with E-state index >= 15 is 0 Å². The van der Waals surface area contributed by atoms with Crippen molar-refractivity contribution in [3.8, 4) is 11.3 Å². The summed E-state index contributed by atoms with van der Waals surface area (Å²) in [7, 11) is 0. The Bertz CT molecular complexity index is 1100. The molecule has 0 radical (unpaired) electrons. The second-order valence-corrected chi connectivity index (χ2v) is 9.64. The number of hydrogen-bond acceptors (Lipinski definition) is 2. The lowest BCUT2D eigenvalue weighted by Gasteiger charge is -2.17. The Kier molecular flexibility index (Phi) is 7.60. The van der Waals surface area contributed by atoms with Gasteiger partial charge in [-0.1, -0.05) is 37.1 Å². The lowest BCUT2D eigenvalue weighted by atomic mass is 9.91. The molecule has 1 aliphatic carbocycles. The Balaban J connectivity index is 1.48. The highest BCUT2D eigenvalue weighted by Crippen LogP contribution is 2.35. The first-order valence-corrected chi connectivity index (χ1v) is 12.3. The summed E-state index contributed by atoms with van der Waals surface area (Å²) >= 11 is 0. The number of aromatic nitrogens is 1. The first-order chi connectivity index (χ1) is 16.3. The SMILES string of the molecule is Cc1ccc(-c2cc(Nc3cccc4c3CCCC(CCCCC(F)(F)F)C4)ccc2C)nc1. The molecule has 0 amide bonds. The molecule has 5 heteroatoms. The van der Waals surface area contributed by atoms with Crippen LogP contribution in [0.5, 0.6) is 0 Å². The summed E-state index contributed by atoms with van der Waals surface area (Å²) in [5, 5.41) is 3.64. The zero-order valence-corrected chi connectivity index (χ0v) is 20.0. The molecular formula is C29H33F3N2. The summed E-state index contributed by atoms with van der Waals surface area (Å²) in [6.45, 7) is 4.14. The number of nitrogens with one attached hydrogen (secondary N) is 1. The molecule has 0 aliphatic heterocycles. The summed E-state index contributed by atoms with van der Waals surface area (Å²) in [6.07, 6.45) is 3.04. The lowest BCUT2D eigenvalue weighted by Crippen LogP contribution is -2.08. The molecule has 0 saturated carbocycles. The predicted octanol–water partition coefficient (Wildman–Crippen LogP) is 8.73. The summed E-state index contributed by atoms with van der Waals surface area (Å²) in [5.74, 6) is 0.461. The van der Waals surface area contributed by atoms with E-state index in [1.54, 1.807) is 0 Å². The predicted molar refractivity (Wildman–Crippen MR) is 134 cm³/mol. The van der Waals surface area contributed by atoms with Crippen LogP contribution in [0.1, 0.15) is 60.8 Å². The van der Waals surface area contributed by atoms with Crippen LogP contribution in [0.25, 0.3) is 11.3 Å². The van der Waals surface area contributed by atoms with Gasteiger partial charge in [0.25, 0.3) is 0 Å². The molecule has 0 fully saturated rings. The number of fused-ring (bicyclic) bond motifs is 1. The van der Waals surface area contributed by atoms with Crippen molar-refractivity contribution in [3.63, 3.8) is 0 Å². The van der Waals surface area contributed by atoms with E-state index in [4.69, 9.17) is 0 Å². The molecule has 4 rings (SSSR count). The number of anilines is 2. The Labute approximate surface area is 200 Å². The van der Waals surface area contributed by atoms with E-state index in [-0.39, 0.29) is 6.42 Å². The molecule has 1 atom stereocenters. The molecule has 1 aliphatic rings. The van der Waals surface area contributed by atoms with Crippen molar-refractivity contribution >= 4 is 11.4 Å². The van der Waals surface area contributed by atoms with Gasteiger partial charge in [0.1, 0.15) is 0 Å². The highest BCUT2D eigenvalue weighted by atomic mass is 19.4. The van der Waals surface area contributed by atoms with Gasteiger partial charge in [-0.15, -0.1) is 0 Å². The molecule has 180 valence electrons. The second-order valence-electron chi connectivity index (χ2n) is 9.64. The third-order valence-electron chi connectivity index (χ3n) is 6.85. The lowest BCUT2D eigenvalue weighted by molar-refractivity contribution is -0.135. The Morgan fingerprint density at radius 3 is 2.65 bits per heavy atom. The summed E-state index contributed by atoms with van der Waals surface area (Å²) in [5.41, 5.74) is 9.24. The average molecular weight is 467 g/mol. The zero-order valence-electron chi connectivity index (χ0n) is 20.0.